The number of amides is 1. The number of H-pyrrole nitrogens is 1. The van der Waals surface area contributed by atoms with Crippen molar-refractivity contribution >= 4 is 33.4 Å². The number of rotatable bonds is 8. The molecule has 1 amide bonds. The third kappa shape index (κ3) is 5.66. The van der Waals surface area contributed by atoms with Crippen molar-refractivity contribution in [3.63, 3.8) is 0 Å². The third-order valence-electron chi connectivity index (χ3n) is 7.86. The van der Waals surface area contributed by atoms with E-state index in [1.165, 1.54) is 32.4 Å². The number of hydrogen-bond donors (Lipinski definition) is 4. The Hall–Kier alpha value is -3.49. The Morgan fingerprint density at radius 1 is 1.05 bits per heavy atom. The van der Waals surface area contributed by atoms with E-state index in [1.54, 1.807) is 6.20 Å². The van der Waals surface area contributed by atoms with E-state index in [9.17, 15) is 4.79 Å². The second-order valence-electron chi connectivity index (χ2n) is 10.6. The van der Waals surface area contributed by atoms with Crippen molar-refractivity contribution in [3.05, 3.63) is 54.5 Å². The molecule has 2 saturated heterocycles. The van der Waals surface area contributed by atoms with E-state index in [2.05, 4.69) is 55.1 Å². The smallest absolute Gasteiger partial charge is 0.267 e. The molecule has 2 fully saturated rings. The van der Waals surface area contributed by atoms with Crippen LogP contribution in [0.3, 0.4) is 0 Å². The predicted octanol–water partition coefficient (Wildman–Crippen LogP) is 4.55. The average molecular weight is 512 g/mol. The molecule has 4 N–H and O–H groups in total. The number of aromatic amines is 1. The Kier molecular flexibility index (Phi) is 7.51. The van der Waals surface area contributed by atoms with Gasteiger partial charge in [0.2, 0.25) is 0 Å². The van der Waals surface area contributed by atoms with E-state index in [0.717, 1.165) is 84.2 Å². The topological polar surface area (TPSA) is 98.0 Å². The van der Waals surface area contributed by atoms with E-state index in [1.807, 2.05) is 18.3 Å². The molecule has 2 aliphatic rings. The van der Waals surface area contributed by atoms with Crippen LogP contribution in [-0.2, 0) is 0 Å². The number of anilines is 1. The number of pyridine rings is 2. The van der Waals surface area contributed by atoms with Crippen molar-refractivity contribution in [1.82, 2.24) is 30.5 Å². The van der Waals surface area contributed by atoms with Gasteiger partial charge in [-0.05, 0) is 89.1 Å². The van der Waals surface area contributed by atoms with Gasteiger partial charge < -0.3 is 25.8 Å². The van der Waals surface area contributed by atoms with Crippen molar-refractivity contribution in [2.45, 2.75) is 44.6 Å². The molecule has 0 aliphatic carbocycles. The van der Waals surface area contributed by atoms with Crippen LogP contribution in [0.4, 0.5) is 5.69 Å². The van der Waals surface area contributed by atoms with Crippen LogP contribution in [-0.4, -0.2) is 71.1 Å². The number of piperidine rings is 2. The van der Waals surface area contributed by atoms with E-state index >= 15 is 0 Å². The molecule has 198 valence electrons. The van der Waals surface area contributed by atoms with Crippen LogP contribution in [0.25, 0.3) is 33.1 Å². The van der Waals surface area contributed by atoms with Gasteiger partial charge in [-0.25, -0.2) is 4.98 Å². The van der Waals surface area contributed by atoms with E-state index in [-0.39, 0.29) is 11.9 Å². The molecular weight excluding hydrogens is 474 g/mol. The highest BCUT2D eigenvalue weighted by Crippen LogP contribution is 2.30. The number of benzene rings is 1. The molecule has 0 unspecified atom stereocenters. The van der Waals surface area contributed by atoms with Crippen LogP contribution in [0.2, 0.25) is 0 Å². The molecule has 8 heteroatoms. The maximum Gasteiger partial charge on any atom is 0.267 e. The van der Waals surface area contributed by atoms with Crippen LogP contribution in [0.5, 0.6) is 0 Å². The first-order chi connectivity index (χ1) is 18.7. The van der Waals surface area contributed by atoms with Crippen molar-refractivity contribution in [2.24, 2.45) is 0 Å². The normalized spacial score (nSPS) is 17.2. The fourth-order valence-corrected chi connectivity index (χ4v) is 5.71. The van der Waals surface area contributed by atoms with Gasteiger partial charge in [-0.15, -0.1) is 0 Å². The van der Waals surface area contributed by atoms with Crippen LogP contribution in [0.1, 0.15) is 49.0 Å². The van der Waals surface area contributed by atoms with Gasteiger partial charge in [0.05, 0.1) is 11.2 Å². The fourth-order valence-electron chi connectivity index (χ4n) is 5.71. The SMILES string of the molecule is O=C(NC1CCNCC1)c1cc2ccc(-c3cc(NCCCN4CCCCC4)c4cnccc4n3)cc2[nH]1. The lowest BCUT2D eigenvalue weighted by Crippen LogP contribution is -2.42. The summed E-state index contributed by atoms with van der Waals surface area (Å²) < 4.78 is 0. The zero-order chi connectivity index (χ0) is 25.7. The molecule has 2 aliphatic heterocycles. The largest absolute Gasteiger partial charge is 0.384 e. The van der Waals surface area contributed by atoms with Crippen molar-refractivity contribution in [1.29, 1.82) is 0 Å². The summed E-state index contributed by atoms with van der Waals surface area (Å²) in [6.45, 7) is 6.41. The monoisotopic (exact) mass is 511 g/mol. The first kappa shape index (κ1) is 24.8. The highest BCUT2D eigenvalue weighted by molar-refractivity contribution is 5.99. The minimum Gasteiger partial charge on any atom is -0.384 e. The third-order valence-corrected chi connectivity index (χ3v) is 7.86. The second kappa shape index (κ2) is 11.5. The number of nitrogens with one attached hydrogen (secondary N) is 4. The molecule has 3 aromatic heterocycles. The molecule has 5 heterocycles. The maximum absolute atomic E-state index is 12.9. The standard InChI is InChI=1S/C30H37N7O/c38-30(34-23-7-11-31-12-8-23)29-18-22-6-5-21(17-26(22)36-29)27-19-28(24-20-32-13-9-25(24)35-27)33-10-4-16-37-14-2-1-3-15-37/h5-6,9,13,17-20,23,31,36H,1-4,7-8,10-12,14-16H2,(H,33,35)(H,34,38). The van der Waals surface area contributed by atoms with Gasteiger partial charge >= 0.3 is 0 Å². The summed E-state index contributed by atoms with van der Waals surface area (Å²) in [7, 11) is 0. The van der Waals surface area contributed by atoms with Crippen molar-refractivity contribution < 1.29 is 4.79 Å². The summed E-state index contributed by atoms with van der Waals surface area (Å²) in [6.07, 6.45) is 10.7. The summed E-state index contributed by atoms with van der Waals surface area (Å²) in [4.78, 5) is 28.1. The lowest BCUT2D eigenvalue weighted by Gasteiger charge is -2.26. The lowest BCUT2D eigenvalue weighted by molar-refractivity contribution is 0.0925. The Morgan fingerprint density at radius 3 is 2.79 bits per heavy atom. The van der Waals surface area contributed by atoms with Crippen LogP contribution >= 0.6 is 0 Å². The molecule has 0 atom stereocenters. The second-order valence-corrected chi connectivity index (χ2v) is 10.6. The number of hydrogen-bond acceptors (Lipinski definition) is 6. The Morgan fingerprint density at radius 2 is 1.92 bits per heavy atom. The first-order valence-corrected chi connectivity index (χ1v) is 14.1. The van der Waals surface area contributed by atoms with Crippen molar-refractivity contribution in [2.75, 3.05) is 44.6 Å². The minimum atomic E-state index is -0.0398. The Labute approximate surface area is 223 Å². The number of carbonyl (C=O) groups is 1. The molecule has 8 nitrogen and oxygen atoms in total. The highest BCUT2D eigenvalue weighted by Gasteiger charge is 2.18. The highest BCUT2D eigenvalue weighted by atomic mass is 16.1. The van der Waals surface area contributed by atoms with E-state index in [0.29, 0.717) is 5.69 Å². The van der Waals surface area contributed by atoms with Crippen molar-refractivity contribution in [3.8, 4) is 11.3 Å². The van der Waals surface area contributed by atoms with Crippen LogP contribution in [0.15, 0.2) is 48.8 Å². The molecule has 0 radical (unpaired) electrons. The quantitative estimate of drug-likeness (QED) is 0.259. The molecule has 4 aromatic rings. The number of aromatic nitrogens is 3. The molecule has 0 bridgehead atoms. The molecular formula is C30H37N7O. The summed E-state index contributed by atoms with van der Waals surface area (Å²) >= 11 is 0. The van der Waals surface area contributed by atoms with Gasteiger partial charge in [-0.2, -0.15) is 0 Å². The molecule has 0 spiro atoms. The molecule has 1 aromatic carbocycles. The fraction of sp³-hybridized carbons (Fsp3) is 0.433. The number of likely N-dealkylation sites (tertiary alicyclic amines) is 1. The number of carbonyl (C=O) groups excluding carboxylic acids is 1. The van der Waals surface area contributed by atoms with Gasteiger partial charge in [0.25, 0.3) is 5.91 Å². The first-order valence-electron chi connectivity index (χ1n) is 14.1. The number of fused-ring (bicyclic) bond motifs is 2. The van der Waals surface area contributed by atoms with Crippen LogP contribution < -0.4 is 16.0 Å². The predicted molar refractivity (Wildman–Crippen MR) is 154 cm³/mol. The molecule has 38 heavy (non-hydrogen) atoms. The van der Waals surface area contributed by atoms with Gasteiger partial charge in [-0.3, -0.25) is 9.78 Å². The van der Waals surface area contributed by atoms with Gasteiger partial charge in [0.1, 0.15) is 5.69 Å². The summed E-state index contributed by atoms with van der Waals surface area (Å²) in [5.41, 5.74) is 5.43. The average Bonchev–Trinajstić information content (AvgIpc) is 3.40. The number of nitrogens with zero attached hydrogens (tertiary/aromatic N) is 3. The Bertz CT molecular complexity index is 1400. The van der Waals surface area contributed by atoms with Crippen LogP contribution in [0, 0.1) is 0 Å². The minimum absolute atomic E-state index is 0.0398. The molecule has 6 rings (SSSR count). The summed E-state index contributed by atoms with van der Waals surface area (Å²) in [5, 5.41) is 12.2. The Balaban J connectivity index is 1.20. The summed E-state index contributed by atoms with van der Waals surface area (Å²) in [5.74, 6) is -0.0398. The van der Waals surface area contributed by atoms with E-state index in [4.69, 9.17) is 4.98 Å². The molecule has 0 saturated carbocycles. The summed E-state index contributed by atoms with van der Waals surface area (Å²) in [6, 6.07) is 12.5. The zero-order valence-electron chi connectivity index (χ0n) is 21.9. The lowest BCUT2D eigenvalue weighted by atomic mass is 10.1. The van der Waals surface area contributed by atoms with Gasteiger partial charge in [0.15, 0.2) is 0 Å². The maximum atomic E-state index is 12.9. The van der Waals surface area contributed by atoms with Gasteiger partial charge in [0, 0.05) is 52.5 Å². The van der Waals surface area contributed by atoms with Gasteiger partial charge in [-0.1, -0.05) is 18.6 Å². The van der Waals surface area contributed by atoms with E-state index < -0.39 is 0 Å². The zero-order valence-corrected chi connectivity index (χ0v) is 21.9.